The normalized spacial score (nSPS) is 34.7. The molecule has 4 heteroatoms. The van der Waals surface area contributed by atoms with Gasteiger partial charge in [-0.2, -0.15) is 0 Å². The van der Waals surface area contributed by atoms with Crippen LogP contribution in [-0.4, -0.2) is 38.2 Å². The van der Waals surface area contributed by atoms with Gasteiger partial charge in [-0.15, -0.1) is 0 Å². The molecule has 1 fully saturated rings. The molecule has 2 aliphatic heterocycles. The third-order valence-electron chi connectivity index (χ3n) is 2.05. The van der Waals surface area contributed by atoms with Crippen molar-refractivity contribution in [3.8, 4) is 0 Å². The van der Waals surface area contributed by atoms with Gasteiger partial charge in [0.1, 0.15) is 0 Å². The first-order valence-electron chi connectivity index (χ1n) is 4.23. The third-order valence-corrected chi connectivity index (χ3v) is 2.05. The molecule has 0 aliphatic carbocycles. The minimum absolute atomic E-state index is 0.180. The summed E-state index contributed by atoms with van der Waals surface area (Å²) in [6, 6.07) is 0.180. The number of aliphatic imine (C=N–C) groups is 1. The zero-order valence-electron chi connectivity index (χ0n) is 6.86. The van der Waals surface area contributed by atoms with Crippen LogP contribution in [0.3, 0.4) is 0 Å². The van der Waals surface area contributed by atoms with Crippen molar-refractivity contribution in [1.29, 1.82) is 0 Å². The maximum atomic E-state index is 5.56. The van der Waals surface area contributed by atoms with Gasteiger partial charge in [-0.3, -0.25) is 4.99 Å². The summed E-state index contributed by atoms with van der Waals surface area (Å²) in [5, 5.41) is 6.18. The minimum atomic E-state index is 0.180. The molecule has 0 aromatic heterocycles. The molecule has 2 aliphatic rings. The van der Waals surface area contributed by atoms with Crippen molar-refractivity contribution < 1.29 is 4.74 Å². The highest BCUT2D eigenvalue weighted by atomic mass is 16.5. The molecule has 0 amide bonds. The van der Waals surface area contributed by atoms with Crippen LogP contribution in [0.15, 0.2) is 17.3 Å². The molecule has 2 heterocycles. The van der Waals surface area contributed by atoms with E-state index in [1.165, 1.54) is 0 Å². The van der Waals surface area contributed by atoms with Gasteiger partial charge in [-0.25, -0.2) is 0 Å². The highest BCUT2D eigenvalue weighted by Gasteiger charge is 2.21. The van der Waals surface area contributed by atoms with E-state index < -0.39 is 0 Å². The standard InChI is InChI=1S/C8H13N3O/c1-2-10-6-11-7(1)8-5-9-3-4-12-8/h1-2,6-9H,3-5H2,(H,10,11). The van der Waals surface area contributed by atoms with E-state index in [0.717, 1.165) is 19.7 Å². The smallest absolute Gasteiger partial charge is 0.0988 e. The second-order valence-electron chi connectivity index (χ2n) is 2.91. The van der Waals surface area contributed by atoms with Crippen molar-refractivity contribution in [2.24, 2.45) is 4.99 Å². The predicted octanol–water partition coefficient (Wildman–Crippen LogP) is -0.511. The lowest BCUT2D eigenvalue weighted by atomic mass is 10.1. The quantitative estimate of drug-likeness (QED) is 0.553. The predicted molar refractivity (Wildman–Crippen MR) is 47.2 cm³/mol. The zero-order chi connectivity index (χ0) is 8.23. The van der Waals surface area contributed by atoms with Gasteiger partial charge in [0.05, 0.1) is 25.1 Å². The Labute approximate surface area is 71.7 Å². The SMILES string of the molecule is C1=CC(C2CNCCO2)N=CN1. The monoisotopic (exact) mass is 167 g/mol. The molecule has 2 N–H and O–H groups in total. The Morgan fingerprint density at radius 3 is 3.17 bits per heavy atom. The molecule has 1 saturated heterocycles. The average Bonchev–Trinajstić information content (AvgIpc) is 2.21. The molecular weight excluding hydrogens is 154 g/mol. The van der Waals surface area contributed by atoms with Crippen molar-refractivity contribution in [2.75, 3.05) is 19.7 Å². The Morgan fingerprint density at radius 2 is 2.50 bits per heavy atom. The van der Waals surface area contributed by atoms with Crippen LogP contribution in [0.2, 0.25) is 0 Å². The fourth-order valence-corrected chi connectivity index (χ4v) is 1.40. The fourth-order valence-electron chi connectivity index (χ4n) is 1.40. The topological polar surface area (TPSA) is 45.6 Å². The number of ether oxygens (including phenoxy) is 1. The van der Waals surface area contributed by atoms with Crippen molar-refractivity contribution >= 4 is 6.34 Å². The number of rotatable bonds is 1. The Bertz CT molecular complexity index is 184. The summed E-state index contributed by atoms with van der Waals surface area (Å²) in [6.45, 7) is 2.64. The van der Waals surface area contributed by atoms with Crippen molar-refractivity contribution in [2.45, 2.75) is 12.1 Å². The van der Waals surface area contributed by atoms with E-state index in [1.54, 1.807) is 6.34 Å². The lowest BCUT2D eigenvalue weighted by Crippen LogP contribution is -2.44. The van der Waals surface area contributed by atoms with E-state index in [-0.39, 0.29) is 12.1 Å². The molecule has 66 valence electrons. The number of nitrogens with zero attached hydrogens (tertiary/aromatic N) is 1. The molecule has 2 atom stereocenters. The minimum Gasteiger partial charge on any atom is -0.373 e. The van der Waals surface area contributed by atoms with Gasteiger partial charge in [-0.1, -0.05) is 0 Å². The van der Waals surface area contributed by atoms with Crippen LogP contribution in [0.1, 0.15) is 0 Å². The van der Waals surface area contributed by atoms with Crippen LogP contribution < -0.4 is 10.6 Å². The first-order valence-corrected chi connectivity index (χ1v) is 4.23. The molecule has 0 radical (unpaired) electrons. The summed E-state index contributed by atoms with van der Waals surface area (Å²) in [5.74, 6) is 0. The highest BCUT2D eigenvalue weighted by Crippen LogP contribution is 2.08. The van der Waals surface area contributed by atoms with Crippen molar-refractivity contribution in [3.63, 3.8) is 0 Å². The van der Waals surface area contributed by atoms with Crippen molar-refractivity contribution in [3.05, 3.63) is 12.3 Å². The zero-order valence-corrected chi connectivity index (χ0v) is 6.86. The highest BCUT2D eigenvalue weighted by molar-refractivity contribution is 5.58. The van der Waals surface area contributed by atoms with Gasteiger partial charge in [0.2, 0.25) is 0 Å². The fraction of sp³-hybridized carbons (Fsp3) is 0.625. The van der Waals surface area contributed by atoms with Gasteiger partial charge in [-0.05, 0) is 6.08 Å². The van der Waals surface area contributed by atoms with Crippen LogP contribution >= 0.6 is 0 Å². The Kier molecular flexibility index (Phi) is 2.39. The summed E-state index contributed by atoms with van der Waals surface area (Å²) in [4.78, 5) is 4.27. The van der Waals surface area contributed by atoms with E-state index in [9.17, 15) is 0 Å². The van der Waals surface area contributed by atoms with Crippen molar-refractivity contribution in [1.82, 2.24) is 10.6 Å². The first kappa shape index (κ1) is 7.76. The lowest BCUT2D eigenvalue weighted by molar-refractivity contribution is 0.0217. The molecule has 12 heavy (non-hydrogen) atoms. The van der Waals surface area contributed by atoms with Gasteiger partial charge >= 0.3 is 0 Å². The molecule has 0 saturated carbocycles. The van der Waals surface area contributed by atoms with E-state index in [1.807, 2.05) is 12.3 Å². The molecule has 0 aromatic rings. The molecule has 0 bridgehead atoms. The van der Waals surface area contributed by atoms with Crippen LogP contribution in [0, 0.1) is 0 Å². The summed E-state index contributed by atoms with van der Waals surface area (Å²) < 4.78 is 5.56. The van der Waals surface area contributed by atoms with E-state index in [0.29, 0.717) is 0 Å². The van der Waals surface area contributed by atoms with Gasteiger partial charge in [0, 0.05) is 19.3 Å². The second-order valence-corrected chi connectivity index (χ2v) is 2.91. The van der Waals surface area contributed by atoms with Crippen LogP contribution in [0.25, 0.3) is 0 Å². The molecule has 0 spiro atoms. The number of hydrogen-bond donors (Lipinski definition) is 2. The number of morpholine rings is 1. The second kappa shape index (κ2) is 3.69. The number of hydrogen-bond acceptors (Lipinski definition) is 4. The largest absolute Gasteiger partial charge is 0.373 e. The summed E-state index contributed by atoms with van der Waals surface area (Å²) in [5.41, 5.74) is 0. The summed E-state index contributed by atoms with van der Waals surface area (Å²) in [7, 11) is 0. The van der Waals surface area contributed by atoms with Gasteiger partial charge < -0.3 is 15.4 Å². The summed E-state index contributed by atoms with van der Waals surface area (Å²) in [6.07, 6.45) is 5.84. The first-order chi connectivity index (χ1) is 5.97. The number of nitrogens with one attached hydrogen (secondary N) is 2. The third kappa shape index (κ3) is 1.65. The van der Waals surface area contributed by atoms with Gasteiger partial charge in [0.25, 0.3) is 0 Å². The molecule has 2 rings (SSSR count). The van der Waals surface area contributed by atoms with E-state index in [4.69, 9.17) is 4.74 Å². The summed E-state index contributed by atoms with van der Waals surface area (Å²) >= 11 is 0. The van der Waals surface area contributed by atoms with E-state index >= 15 is 0 Å². The Hall–Kier alpha value is -0.870. The molecule has 4 nitrogen and oxygen atoms in total. The molecular formula is C8H13N3O. The van der Waals surface area contributed by atoms with Crippen LogP contribution in [-0.2, 0) is 4.74 Å². The molecule has 0 aromatic carbocycles. The Balaban J connectivity index is 1.93. The van der Waals surface area contributed by atoms with Crippen LogP contribution in [0.4, 0.5) is 0 Å². The van der Waals surface area contributed by atoms with E-state index in [2.05, 4.69) is 15.6 Å². The lowest BCUT2D eigenvalue weighted by Gasteiger charge is -2.27. The maximum Gasteiger partial charge on any atom is 0.0988 e. The van der Waals surface area contributed by atoms with Crippen LogP contribution in [0.5, 0.6) is 0 Å². The Morgan fingerprint density at radius 1 is 1.50 bits per heavy atom. The maximum absolute atomic E-state index is 5.56. The molecule has 2 unspecified atom stereocenters. The van der Waals surface area contributed by atoms with Gasteiger partial charge in [0.15, 0.2) is 0 Å². The average molecular weight is 167 g/mol.